The first-order chi connectivity index (χ1) is 7.13. The van der Waals surface area contributed by atoms with Crippen molar-refractivity contribution < 1.29 is 5.11 Å². The van der Waals surface area contributed by atoms with E-state index < -0.39 is 6.10 Å². The zero-order valence-corrected chi connectivity index (χ0v) is 8.94. The zero-order valence-electron chi connectivity index (χ0n) is 8.94. The highest BCUT2D eigenvalue weighted by Gasteiger charge is 2.14. The number of aliphatic hydroxyl groups excluding tert-OH is 1. The summed E-state index contributed by atoms with van der Waals surface area (Å²) in [5, 5.41) is 9.68. The lowest BCUT2D eigenvalue weighted by Crippen LogP contribution is -2.12. The van der Waals surface area contributed by atoms with E-state index in [-0.39, 0.29) is 6.54 Å². The van der Waals surface area contributed by atoms with E-state index in [4.69, 9.17) is 5.73 Å². The number of hydrogen-bond donors (Lipinski definition) is 2. The highest BCUT2D eigenvalue weighted by atomic mass is 16.3. The number of imidazole rings is 1. The maximum absolute atomic E-state index is 9.68. The Morgan fingerprint density at radius 1 is 1.53 bits per heavy atom. The number of aryl methyl sites for hydroxylation is 2. The van der Waals surface area contributed by atoms with Gasteiger partial charge in [0.25, 0.3) is 0 Å². The molecule has 0 radical (unpaired) electrons. The molecule has 0 spiro atoms. The largest absolute Gasteiger partial charge is 0.385 e. The van der Waals surface area contributed by atoms with Crippen LogP contribution in [0.15, 0.2) is 18.3 Å². The Kier molecular flexibility index (Phi) is 2.46. The third kappa shape index (κ3) is 1.62. The van der Waals surface area contributed by atoms with Crippen molar-refractivity contribution in [3.63, 3.8) is 0 Å². The van der Waals surface area contributed by atoms with Gasteiger partial charge in [0, 0.05) is 18.4 Å². The lowest BCUT2D eigenvalue weighted by Gasteiger charge is -2.04. The molecule has 0 aliphatic rings. The van der Waals surface area contributed by atoms with Gasteiger partial charge >= 0.3 is 0 Å². The summed E-state index contributed by atoms with van der Waals surface area (Å²) in [5.74, 6) is 0. The summed E-state index contributed by atoms with van der Waals surface area (Å²) >= 11 is 0. The Morgan fingerprint density at radius 3 is 2.93 bits per heavy atom. The van der Waals surface area contributed by atoms with Gasteiger partial charge in [-0.1, -0.05) is 0 Å². The van der Waals surface area contributed by atoms with Crippen molar-refractivity contribution in [2.75, 3.05) is 6.54 Å². The second-order valence-electron chi connectivity index (χ2n) is 3.77. The quantitative estimate of drug-likeness (QED) is 0.767. The third-order valence-electron chi connectivity index (χ3n) is 2.60. The molecule has 3 N–H and O–H groups in total. The molecule has 0 fully saturated rings. The van der Waals surface area contributed by atoms with Gasteiger partial charge in [-0.2, -0.15) is 0 Å². The molecule has 2 rings (SSSR count). The minimum absolute atomic E-state index is 0.198. The van der Waals surface area contributed by atoms with Gasteiger partial charge in [-0.3, -0.25) is 0 Å². The highest BCUT2D eigenvalue weighted by Crippen LogP contribution is 2.18. The molecule has 2 heterocycles. The molecule has 1 unspecified atom stereocenters. The minimum atomic E-state index is -0.676. The van der Waals surface area contributed by atoms with Gasteiger partial charge in [0.2, 0.25) is 0 Å². The zero-order chi connectivity index (χ0) is 11.0. The van der Waals surface area contributed by atoms with Crippen LogP contribution in [0.1, 0.15) is 23.1 Å². The Hall–Kier alpha value is -1.39. The summed E-state index contributed by atoms with van der Waals surface area (Å²) in [7, 11) is 0. The molecule has 0 aliphatic carbocycles. The Bertz CT molecular complexity index is 490. The van der Waals surface area contributed by atoms with Crippen LogP contribution >= 0.6 is 0 Å². The van der Waals surface area contributed by atoms with E-state index in [1.165, 1.54) is 0 Å². The van der Waals surface area contributed by atoms with E-state index in [1.807, 2.05) is 36.6 Å². The second kappa shape index (κ2) is 3.64. The molecular formula is C11H15N3O. The number of nitrogens with two attached hydrogens (primary N) is 1. The SMILES string of the molecule is Cc1ccn2c(C)c(C(O)CN)nc2c1. The smallest absolute Gasteiger partial charge is 0.137 e. The van der Waals surface area contributed by atoms with Crippen molar-refractivity contribution in [1.82, 2.24) is 9.38 Å². The molecule has 0 saturated carbocycles. The summed E-state index contributed by atoms with van der Waals surface area (Å²) < 4.78 is 1.96. The fourth-order valence-electron chi connectivity index (χ4n) is 1.71. The molecule has 15 heavy (non-hydrogen) atoms. The molecule has 0 saturated heterocycles. The average Bonchev–Trinajstić information content (AvgIpc) is 2.54. The van der Waals surface area contributed by atoms with Crippen molar-refractivity contribution in [3.8, 4) is 0 Å². The van der Waals surface area contributed by atoms with Crippen LogP contribution in [0.25, 0.3) is 5.65 Å². The van der Waals surface area contributed by atoms with Gasteiger partial charge < -0.3 is 15.2 Å². The molecule has 2 aromatic heterocycles. The number of hydrogen-bond acceptors (Lipinski definition) is 3. The van der Waals surface area contributed by atoms with Gasteiger partial charge in [0.1, 0.15) is 11.8 Å². The molecule has 0 amide bonds. The van der Waals surface area contributed by atoms with Crippen LogP contribution in [-0.4, -0.2) is 21.0 Å². The molecule has 0 aromatic carbocycles. The second-order valence-corrected chi connectivity index (χ2v) is 3.77. The maximum Gasteiger partial charge on any atom is 0.137 e. The Morgan fingerprint density at radius 2 is 2.27 bits per heavy atom. The van der Waals surface area contributed by atoms with Gasteiger partial charge in [-0.25, -0.2) is 4.98 Å². The average molecular weight is 205 g/mol. The van der Waals surface area contributed by atoms with E-state index >= 15 is 0 Å². The van der Waals surface area contributed by atoms with Crippen LogP contribution < -0.4 is 5.73 Å². The van der Waals surface area contributed by atoms with Crippen molar-refractivity contribution in [3.05, 3.63) is 35.3 Å². The highest BCUT2D eigenvalue weighted by molar-refractivity contribution is 5.45. The van der Waals surface area contributed by atoms with Crippen molar-refractivity contribution >= 4 is 5.65 Å². The van der Waals surface area contributed by atoms with Gasteiger partial charge in [0.15, 0.2) is 0 Å². The molecule has 1 atom stereocenters. The molecule has 0 bridgehead atoms. The first kappa shape index (κ1) is 10.1. The van der Waals surface area contributed by atoms with E-state index in [1.54, 1.807) is 0 Å². The van der Waals surface area contributed by atoms with E-state index in [0.29, 0.717) is 5.69 Å². The number of aliphatic hydroxyl groups is 1. The number of rotatable bonds is 2. The third-order valence-corrected chi connectivity index (χ3v) is 2.60. The van der Waals surface area contributed by atoms with E-state index in [2.05, 4.69) is 4.98 Å². The summed E-state index contributed by atoms with van der Waals surface area (Å²) in [5.41, 5.74) is 9.05. The standard InChI is InChI=1S/C11H15N3O/c1-7-3-4-14-8(2)11(9(15)6-12)13-10(14)5-7/h3-5,9,15H,6,12H2,1-2H3. The van der Waals surface area contributed by atoms with E-state index in [9.17, 15) is 5.11 Å². The molecule has 4 nitrogen and oxygen atoms in total. The number of aromatic nitrogens is 2. The van der Waals surface area contributed by atoms with Crippen molar-refractivity contribution in [2.45, 2.75) is 20.0 Å². The lowest BCUT2D eigenvalue weighted by atomic mass is 10.2. The summed E-state index contributed by atoms with van der Waals surface area (Å²) in [6, 6.07) is 4.00. The normalized spacial score (nSPS) is 13.3. The fourth-order valence-corrected chi connectivity index (χ4v) is 1.71. The summed E-state index contributed by atoms with van der Waals surface area (Å²) in [6.07, 6.45) is 1.28. The summed E-state index contributed by atoms with van der Waals surface area (Å²) in [4.78, 5) is 4.38. The van der Waals surface area contributed by atoms with Gasteiger partial charge in [-0.05, 0) is 31.5 Å². The predicted octanol–water partition coefficient (Wildman–Crippen LogP) is 0.943. The number of nitrogens with zero attached hydrogens (tertiary/aromatic N) is 2. The minimum Gasteiger partial charge on any atom is -0.385 e. The molecule has 4 heteroatoms. The molecule has 0 aliphatic heterocycles. The molecular weight excluding hydrogens is 190 g/mol. The topological polar surface area (TPSA) is 63.5 Å². The lowest BCUT2D eigenvalue weighted by molar-refractivity contribution is 0.181. The van der Waals surface area contributed by atoms with Crippen LogP contribution in [0.2, 0.25) is 0 Å². The van der Waals surface area contributed by atoms with E-state index in [0.717, 1.165) is 16.9 Å². The van der Waals surface area contributed by atoms with Crippen molar-refractivity contribution in [2.24, 2.45) is 5.73 Å². The van der Waals surface area contributed by atoms with Crippen LogP contribution in [-0.2, 0) is 0 Å². The summed E-state index contributed by atoms with van der Waals surface area (Å²) in [6.45, 7) is 4.15. The van der Waals surface area contributed by atoms with Gasteiger partial charge in [0.05, 0.1) is 5.69 Å². The van der Waals surface area contributed by atoms with Crippen LogP contribution in [0.5, 0.6) is 0 Å². The van der Waals surface area contributed by atoms with Crippen LogP contribution in [0.4, 0.5) is 0 Å². The van der Waals surface area contributed by atoms with Crippen LogP contribution in [0, 0.1) is 13.8 Å². The van der Waals surface area contributed by atoms with Crippen LogP contribution in [0.3, 0.4) is 0 Å². The predicted molar refractivity (Wildman–Crippen MR) is 58.7 cm³/mol. The van der Waals surface area contributed by atoms with Gasteiger partial charge in [-0.15, -0.1) is 0 Å². The Labute approximate surface area is 88.4 Å². The number of pyridine rings is 1. The monoisotopic (exact) mass is 205 g/mol. The first-order valence-electron chi connectivity index (χ1n) is 4.97. The number of fused-ring (bicyclic) bond motifs is 1. The Balaban J connectivity index is 2.63. The molecule has 2 aromatic rings. The molecule has 80 valence electrons. The fraction of sp³-hybridized carbons (Fsp3) is 0.364. The van der Waals surface area contributed by atoms with Crippen molar-refractivity contribution in [1.29, 1.82) is 0 Å². The first-order valence-corrected chi connectivity index (χ1v) is 4.97. The maximum atomic E-state index is 9.68.